The van der Waals surface area contributed by atoms with E-state index in [1.165, 1.54) is 24.3 Å². The Morgan fingerprint density at radius 1 is 0.917 bits per heavy atom. The van der Waals surface area contributed by atoms with Crippen LogP contribution >= 0.6 is 12.3 Å². The first-order chi connectivity index (χ1) is 17.5. The second-order valence-corrected chi connectivity index (χ2v) is 8.08. The van der Waals surface area contributed by atoms with E-state index in [0.717, 1.165) is 11.1 Å². The van der Waals surface area contributed by atoms with Gasteiger partial charge in [-0.1, -0.05) is 75.7 Å². The van der Waals surface area contributed by atoms with Crippen molar-refractivity contribution in [3.05, 3.63) is 106 Å². The van der Waals surface area contributed by atoms with Crippen molar-refractivity contribution in [2.24, 2.45) is 10.3 Å². The number of nitriles is 1. The van der Waals surface area contributed by atoms with Crippen LogP contribution in [0.1, 0.15) is 22.3 Å². The van der Waals surface area contributed by atoms with Crippen LogP contribution in [0.25, 0.3) is 4.85 Å². The van der Waals surface area contributed by atoms with Crippen molar-refractivity contribution in [3.8, 4) is 17.6 Å². The molecule has 10 nitrogen and oxygen atoms in total. The van der Waals surface area contributed by atoms with Crippen molar-refractivity contribution in [1.82, 2.24) is 0 Å². The van der Waals surface area contributed by atoms with Crippen molar-refractivity contribution in [3.63, 3.8) is 0 Å². The van der Waals surface area contributed by atoms with Gasteiger partial charge in [0.2, 0.25) is 0 Å². The number of nitrogens with zero attached hydrogens (tertiary/aromatic N) is 4. The van der Waals surface area contributed by atoms with E-state index in [2.05, 4.69) is 15.2 Å². The molecule has 0 aliphatic carbocycles. The van der Waals surface area contributed by atoms with E-state index in [1.807, 2.05) is 32.0 Å². The number of hydrogen-bond acceptors (Lipinski definition) is 10. The van der Waals surface area contributed by atoms with E-state index in [1.54, 1.807) is 36.4 Å². The molecule has 182 valence electrons. The smallest absolute Gasteiger partial charge is 0.370 e. The van der Waals surface area contributed by atoms with Crippen LogP contribution in [0.5, 0.6) is 11.5 Å². The van der Waals surface area contributed by atoms with Crippen LogP contribution in [-0.4, -0.2) is 15.8 Å². The van der Waals surface area contributed by atoms with Gasteiger partial charge in [0.05, 0.1) is 5.16 Å². The largest absolute Gasteiger partial charge is 0.439 e. The Morgan fingerprint density at radius 3 is 2.08 bits per heavy atom. The monoisotopic (exact) mass is 522 g/mol. The average Bonchev–Trinajstić information content (AvgIpc) is 2.89. The Morgan fingerprint density at radius 2 is 1.50 bits per heavy atom. The summed E-state index contributed by atoms with van der Waals surface area (Å²) in [4.78, 5) is 8.33. The van der Waals surface area contributed by atoms with Crippen LogP contribution in [0, 0.1) is 31.8 Å². The minimum Gasteiger partial charge on any atom is -0.370 e. The highest BCUT2D eigenvalue weighted by Gasteiger charge is 2.11. The quantitative estimate of drug-likeness (QED) is 0.0627. The van der Waals surface area contributed by atoms with Crippen molar-refractivity contribution >= 4 is 35.2 Å². The fourth-order valence-corrected chi connectivity index (χ4v) is 3.18. The Kier molecular flexibility index (Phi) is 9.85. The highest BCUT2D eigenvalue weighted by molar-refractivity contribution is 7.89. The minimum atomic E-state index is -2.24. The lowest BCUT2D eigenvalue weighted by molar-refractivity contribution is -0.0867. The van der Waals surface area contributed by atoms with Crippen LogP contribution in [0.2, 0.25) is 0 Å². The molecule has 0 bridgehead atoms. The molecule has 0 amide bonds. The second kappa shape index (κ2) is 13.5. The molecule has 0 aliphatic heterocycles. The molecule has 12 heteroatoms. The third kappa shape index (κ3) is 8.14. The molecule has 1 unspecified atom stereocenters. The molecule has 0 saturated carbocycles. The maximum Gasteiger partial charge on any atom is 0.439 e. The van der Waals surface area contributed by atoms with Gasteiger partial charge in [0, 0.05) is 11.1 Å². The molecule has 0 fully saturated rings. The van der Waals surface area contributed by atoms with E-state index < -0.39 is 11.4 Å². The third-order valence-corrected chi connectivity index (χ3v) is 5.12. The SMILES string of the molecule is [C-]#[N+]/C(=N\OSOOc1ccc(C)cc1)c1ccc(/C(C#N)=N/OS(=O)Oc2ccc(C)cc2)cc1. The van der Waals surface area contributed by atoms with Gasteiger partial charge in [0.15, 0.2) is 11.5 Å². The predicted octanol–water partition coefficient (Wildman–Crippen LogP) is 5.38. The molecule has 0 spiro atoms. The van der Waals surface area contributed by atoms with Gasteiger partial charge < -0.3 is 13.9 Å². The number of oxime groups is 2. The minimum absolute atomic E-state index is 0.0627. The number of hydrogen-bond donors (Lipinski definition) is 0. The Bertz CT molecular complexity index is 1330. The standard InChI is InChI=1S/C24H18N4O6S2/c1-17-4-12-21(13-5-17)30-34-35-32-28-24(26-3)20-10-8-19(9-11-20)23(16-25)27-33-36(29)31-22-14-6-18(2)7-15-22/h4-15H,1-2H3/b27-23+,28-24-. The number of benzene rings is 3. The van der Waals surface area contributed by atoms with E-state index >= 15 is 0 Å². The second-order valence-electron chi connectivity index (χ2n) is 6.94. The summed E-state index contributed by atoms with van der Waals surface area (Å²) in [5, 5.41) is 16.7. The fourth-order valence-electron chi connectivity index (χ4n) is 2.52. The maximum atomic E-state index is 11.9. The maximum absolute atomic E-state index is 11.9. The molecule has 36 heavy (non-hydrogen) atoms. The zero-order chi connectivity index (χ0) is 25.8. The first-order valence-electron chi connectivity index (χ1n) is 10.1. The molecule has 0 heterocycles. The van der Waals surface area contributed by atoms with Crippen LogP contribution in [0.3, 0.4) is 0 Å². The molecule has 0 N–H and O–H groups in total. The zero-order valence-electron chi connectivity index (χ0n) is 19.0. The van der Waals surface area contributed by atoms with E-state index in [9.17, 15) is 9.47 Å². The lowest BCUT2D eigenvalue weighted by atomic mass is 10.1. The lowest BCUT2D eigenvalue weighted by Gasteiger charge is -2.03. The highest BCUT2D eigenvalue weighted by Crippen LogP contribution is 2.17. The summed E-state index contributed by atoms with van der Waals surface area (Å²) in [6.45, 7) is 11.2. The summed E-state index contributed by atoms with van der Waals surface area (Å²) < 4.78 is 31.6. The lowest BCUT2D eigenvalue weighted by Crippen LogP contribution is -2.05. The van der Waals surface area contributed by atoms with Gasteiger partial charge in [0.25, 0.3) is 0 Å². The number of rotatable bonds is 11. The summed E-state index contributed by atoms with van der Waals surface area (Å²) in [7, 11) is 0. The van der Waals surface area contributed by atoms with Crippen molar-refractivity contribution in [2.45, 2.75) is 13.8 Å². The van der Waals surface area contributed by atoms with Crippen molar-refractivity contribution in [1.29, 1.82) is 5.26 Å². The number of amidine groups is 1. The van der Waals surface area contributed by atoms with Crippen LogP contribution in [-0.2, 0) is 24.3 Å². The third-order valence-electron chi connectivity index (χ3n) is 4.34. The molecule has 0 radical (unpaired) electrons. The van der Waals surface area contributed by atoms with Crippen LogP contribution < -0.4 is 9.07 Å². The summed E-state index contributed by atoms with van der Waals surface area (Å²) in [5.41, 5.74) is 2.73. The van der Waals surface area contributed by atoms with Gasteiger partial charge in [-0.2, -0.15) is 9.47 Å². The fraction of sp³-hybridized carbons (Fsp3) is 0.0833. The normalized spacial score (nSPS) is 12.1. The molecular weight excluding hydrogens is 504 g/mol. The molecule has 0 aromatic heterocycles. The summed E-state index contributed by atoms with van der Waals surface area (Å²) in [5.74, 6) is 0.744. The van der Waals surface area contributed by atoms with E-state index in [-0.39, 0.29) is 11.5 Å². The predicted molar refractivity (Wildman–Crippen MR) is 134 cm³/mol. The molecular formula is C24H18N4O6S2. The van der Waals surface area contributed by atoms with Gasteiger partial charge in [-0.3, -0.25) is 4.28 Å². The molecule has 3 aromatic carbocycles. The summed E-state index contributed by atoms with van der Waals surface area (Å²) in [6, 6.07) is 22.0. The van der Waals surface area contributed by atoms with Crippen molar-refractivity contribution < 1.29 is 26.2 Å². The molecule has 1 atom stereocenters. The Labute approximate surface area is 214 Å². The Balaban J connectivity index is 1.54. The van der Waals surface area contributed by atoms with Gasteiger partial charge in [0.1, 0.15) is 11.8 Å². The van der Waals surface area contributed by atoms with E-state index in [0.29, 0.717) is 34.9 Å². The molecule has 3 aromatic rings. The zero-order valence-corrected chi connectivity index (χ0v) is 20.6. The van der Waals surface area contributed by atoms with Crippen LogP contribution in [0.4, 0.5) is 0 Å². The highest BCUT2D eigenvalue weighted by atomic mass is 32.2. The Hall–Kier alpha value is -4.36. The topological polar surface area (TPSA) is 116 Å². The average molecular weight is 523 g/mol. The molecule has 0 aliphatic rings. The first-order valence-corrected chi connectivity index (χ1v) is 11.8. The molecule has 3 rings (SSSR count). The summed E-state index contributed by atoms with van der Waals surface area (Å²) in [6.07, 6.45) is 0. The van der Waals surface area contributed by atoms with Crippen LogP contribution in [0.15, 0.2) is 83.1 Å². The van der Waals surface area contributed by atoms with Gasteiger partial charge >= 0.3 is 29.5 Å². The number of aryl methyl sites for hydroxylation is 2. The van der Waals surface area contributed by atoms with E-state index in [4.69, 9.17) is 28.5 Å². The summed E-state index contributed by atoms with van der Waals surface area (Å²) >= 11 is -1.80. The van der Waals surface area contributed by atoms with Gasteiger partial charge in [-0.25, -0.2) is 4.28 Å². The molecule has 0 saturated heterocycles. The van der Waals surface area contributed by atoms with Gasteiger partial charge in [-0.15, -0.1) is 0 Å². The first kappa shape index (κ1) is 26.2. The van der Waals surface area contributed by atoms with Gasteiger partial charge in [-0.05, 0) is 38.1 Å². The van der Waals surface area contributed by atoms with Crippen molar-refractivity contribution in [2.75, 3.05) is 0 Å².